The third kappa shape index (κ3) is 3.12. The first-order valence-electron chi connectivity index (χ1n) is 7.97. The molecule has 0 radical (unpaired) electrons. The van der Waals surface area contributed by atoms with Gasteiger partial charge in [-0.05, 0) is 37.4 Å². The quantitative estimate of drug-likeness (QED) is 0.923. The Bertz CT molecular complexity index is 696. The fourth-order valence-electron chi connectivity index (χ4n) is 3.00. The van der Waals surface area contributed by atoms with E-state index in [1.54, 1.807) is 4.68 Å². The highest BCUT2D eigenvalue weighted by atomic mass is 16.2. The van der Waals surface area contributed by atoms with E-state index in [1.165, 1.54) is 0 Å². The number of hydrogen-bond donors (Lipinski definition) is 1. The first kappa shape index (κ1) is 15.7. The molecule has 0 aliphatic carbocycles. The number of hydrogen-bond acceptors (Lipinski definition) is 4. The molecule has 1 aliphatic rings. The van der Waals surface area contributed by atoms with E-state index in [1.807, 2.05) is 42.2 Å². The maximum absolute atomic E-state index is 12.5. The second kappa shape index (κ2) is 6.12. The molecule has 3 rings (SSSR count). The monoisotopic (exact) mass is 313 g/mol. The number of amides is 1. The van der Waals surface area contributed by atoms with Crippen molar-refractivity contribution >= 4 is 5.91 Å². The van der Waals surface area contributed by atoms with Crippen LogP contribution in [-0.4, -0.2) is 45.4 Å². The Hall–Kier alpha value is -2.21. The maximum Gasteiger partial charge on any atom is 0.228 e. The van der Waals surface area contributed by atoms with Crippen LogP contribution in [0.15, 0.2) is 30.3 Å². The summed E-state index contributed by atoms with van der Waals surface area (Å²) in [5.74, 6) is 0.102. The summed E-state index contributed by atoms with van der Waals surface area (Å²) in [6, 6.07) is 9.82. The van der Waals surface area contributed by atoms with Crippen molar-refractivity contribution in [3.8, 4) is 5.69 Å². The Labute approximate surface area is 136 Å². The number of rotatable bonds is 4. The Morgan fingerprint density at radius 3 is 2.74 bits per heavy atom. The number of nitrogens with zero attached hydrogens (tertiary/aromatic N) is 4. The van der Waals surface area contributed by atoms with Crippen molar-refractivity contribution in [1.29, 1.82) is 0 Å². The fraction of sp³-hybridized carbons (Fsp3) is 0.471. The van der Waals surface area contributed by atoms with E-state index in [0.29, 0.717) is 13.0 Å². The van der Waals surface area contributed by atoms with E-state index in [2.05, 4.69) is 17.2 Å². The first-order chi connectivity index (χ1) is 11.0. The van der Waals surface area contributed by atoms with Gasteiger partial charge in [0.2, 0.25) is 5.91 Å². The Morgan fingerprint density at radius 2 is 2.09 bits per heavy atom. The minimum atomic E-state index is 0.0480. The smallest absolute Gasteiger partial charge is 0.228 e. The summed E-state index contributed by atoms with van der Waals surface area (Å²) in [5, 5.41) is 8.39. The Morgan fingerprint density at radius 1 is 1.35 bits per heavy atom. The van der Waals surface area contributed by atoms with Crippen LogP contribution in [0.25, 0.3) is 5.69 Å². The number of aromatic nitrogens is 3. The van der Waals surface area contributed by atoms with Crippen molar-refractivity contribution in [3.63, 3.8) is 0 Å². The van der Waals surface area contributed by atoms with Crippen molar-refractivity contribution in [2.24, 2.45) is 11.1 Å². The van der Waals surface area contributed by atoms with Crippen LogP contribution in [0.1, 0.15) is 24.7 Å². The standard InChI is InChI=1S/C17H23N5O/c1-13-15(19-20-22(13)14-6-4-3-5-7-14)10-16(23)21-9-8-17(2,11-18)12-21/h3-7H,8-12,18H2,1-2H3. The zero-order valence-corrected chi connectivity index (χ0v) is 13.7. The highest BCUT2D eigenvalue weighted by Crippen LogP contribution is 2.28. The Balaban J connectivity index is 1.72. The van der Waals surface area contributed by atoms with Crippen molar-refractivity contribution in [1.82, 2.24) is 19.9 Å². The van der Waals surface area contributed by atoms with Crippen LogP contribution >= 0.6 is 0 Å². The van der Waals surface area contributed by atoms with E-state index >= 15 is 0 Å². The van der Waals surface area contributed by atoms with Gasteiger partial charge in [0.1, 0.15) is 0 Å². The summed E-state index contributed by atoms with van der Waals surface area (Å²) in [6.07, 6.45) is 1.25. The van der Waals surface area contributed by atoms with Gasteiger partial charge in [-0.25, -0.2) is 4.68 Å². The summed E-state index contributed by atoms with van der Waals surface area (Å²) in [4.78, 5) is 14.4. The SMILES string of the molecule is Cc1c(CC(=O)N2CCC(C)(CN)C2)nnn1-c1ccccc1. The average Bonchev–Trinajstić information content (AvgIpc) is 3.13. The topological polar surface area (TPSA) is 77.0 Å². The minimum Gasteiger partial charge on any atom is -0.342 e. The molecule has 122 valence electrons. The molecule has 1 amide bonds. The molecule has 1 atom stereocenters. The lowest BCUT2D eigenvalue weighted by Crippen LogP contribution is -2.35. The predicted molar refractivity (Wildman–Crippen MR) is 88.2 cm³/mol. The van der Waals surface area contributed by atoms with Gasteiger partial charge in [0.05, 0.1) is 23.5 Å². The van der Waals surface area contributed by atoms with Gasteiger partial charge in [-0.3, -0.25) is 4.79 Å². The molecule has 1 aliphatic heterocycles. The third-order valence-electron chi connectivity index (χ3n) is 4.71. The average molecular weight is 313 g/mol. The molecule has 1 aromatic heterocycles. The van der Waals surface area contributed by atoms with Gasteiger partial charge in [-0.1, -0.05) is 30.3 Å². The molecule has 1 saturated heterocycles. The normalized spacial score (nSPS) is 20.9. The lowest BCUT2D eigenvalue weighted by atomic mass is 9.90. The largest absolute Gasteiger partial charge is 0.342 e. The van der Waals surface area contributed by atoms with E-state index < -0.39 is 0 Å². The molecule has 1 fully saturated rings. The van der Waals surface area contributed by atoms with Gasteiger partial charge in [0.25, 0.3) is 0 Å². The first-order valence-corrected chi connectivity index (χ1v) is 7.97. The van der Waals surface area contributed by atoms with Gasteiger partial charge in [0.15, 0.2) is 0 Å². The molecule has 2 heterocycles. The molecular formula is C17H23N5O. The molecule has 6 heteroatoms. The number of carbonyl (C=O) groups is 1. The summed E-state index contributed by atoms with van der Waals surface area (Å²) >= 11 is 0. The van der Waals surface area contributed by atoms with E-state index in [0.717, 1.165) is 36.6 Å². The van der Waals surface area contributed by atoms with Gasteiger partial charge in [-0.15, -0.1) is 5.10 Å². The third-order valence-corrected chi connectivity index (χ3v) is 4.71. The second-order valence-electron chi connectivity index (χ2n) is 6.63. The van der Waals surface area contributed by atoms with Crippen LogP contribution in [0, 0.1) is 12.3 Å². The molecule has 23 heavy (non-hydrogen) atoms. The number of likely N-dealkylation sites (tertiary alicyclic amines) is 1. The molecule has 6 nitrogen and oxygen atoms in total. The molecule has 0 saturated carbocycles. The minimum absolute atomic E-state index is 0.0480. The van der Waals surface area contributed by atoms with E-state index in [4.69, 9.17) is 5.73 Å². The van der Waals surface area contributed by atoms with Crippen molar-refractivity contribution < 1.29 is 4.79 Å². The van der Waals surface area contributed by atoms with Gasteiger partial charge < -0.3 is 10.6 Å². The van der Waals surface area contributed by atoms with Gasteiger partial charge in [-0.2, -0.15) is 0 Å². The summed E-state index contributed by atoms with van der Waals surface area (Å²) in [6.45, 7) is 6.20. The second-order valence-corrected chi connectivity index (χ2v) is 6.63. The number of carbonyl (C=O) groups excluding carboxylic acids is 1. The van der Waals surface area contributed by atoms with Crippen LogP contribution in [-0.2, 0) is 11.2 Å². The van der Waals surface area contributed by atoms with E-state index in [9.17, 15) is 4.79 Å². The van der Waals surface area contributed by atoms with Gasteiger partial charge in [0, 0.05) is 13.1 Å². The van der Waals surface area contributed by atoms with Crippen molar-refractivity contribution in [2.45, 2.75) is 26.7 Å². The van der Waals surface area contributed by atoms with Crippen LogP contribution in [0.5, 0.6) is 0 Å². The Kier molecular flexibility index (Phi) is 4.17. The van der Waals surface area contributed by atoms with Gasteiger partial charge >= 0.3 is 0 Å². The number of para-hydroxylation sites is 1. The molecule has 2 N–H and O–H groups in total. The zero-order valence-electron chi connectivity index (χ0n) is 13.7. The maximum atomic E-state index is 12.5. The van der Waals surface area contributed by atoms with Crippen LogP contribution in [0.2, 0.25) is 0 Å². The summed E-state index contributed by atoms with van der Waals surface area (Å²) in [5.41, 5.74) is 8.46. The molecule has 1 aromatic carbocycles. The lowest BCUT2D eigenvalue weighted by Gasteiger charge is -2.22. The molecular weight excluding hydrogens is 290 g/mol. The highest BCUT2D eigenvalue weighted by Gasteiger charge is 2.35. The van der Waals surface area contributed by atoms with Crippen molar-refractivity contribution in [2.75, 3.05) is 19.6 Å². The highest BCUT2D eigenvalue weighted by molar-refractivity contribution is 5.79. The number of nitrogens with two attached hydrogens (primary N) is 1. The van der Waals surface area contributed by atoms with Crippen molar-refractivity contribution in [3.05, 3.63) is 41.7 Å². The number of benzene rings is 1. The molecule has 2 aromatic rings. The fourth-order valence-corrected chi connectivity index (χ4v) is 3.00. The predicted octanol–water partition coefficient (Wildman–Crippen LogP) is 1.32. The molecule has 0 spiro atoms. The van der Waals surface area contributed by atoms with Crippen LogP contribution in [0.4, 0.5) is 0 Å². The van der Waals surface area contributed by atoms with Crippen LogP contribution in [0.3, 0.4) is 0 Å². The summed E-state index contributed by atoms with van der Waals surface area (Å²) in [7, 11) is 0. The van der Waals surface area contributed by atoms with Crippen LogP contribution < -0.4 is 5.73 Å². The lowest BCUT2D eigenvalue weighted by molar-refractivity contribution is -0.129. The zero-order chi connectivity index (χ0) is 16.4. The van der Waals surface area contributed by atoms with E-state index in [-0.39, 0.29) is 11.3 Å². The molecule has 1 unspecified atom stereocenters. The molecule has 0 bridgehead atoms. The summed E-state index contributed by atoms with van der Waals surface area (Å²) < 4.78 is 1.77.